The van der Waals surface area contributed by atoms with Crippen LogP contribution in [0, 0.1) is 0 Å². The molecule has 0 bridgehead atoms. The fraction of sp³-hybridized carbons (Fsp3) is 0.286. The molecule has 8 heteroatoms. The Morgan fingerprint density at radius 2 is 2.07 bits per heavy atom. The summed E-state index contributed by atoms with van der Waals surface area (Å²) >= 11 is 3.34. The van der Waals surface area contributed by atoms with Gasteiger partial charge in [-0.2, -0.15) is 0 Å². The molecular formula is C21H24N4O2S2. The molecule has 0 saturated heterocycles. The molecule has 0 radical (unpaired) electrons. The zero-order valence-corrected chi connectivity index (χ0v) is 17.6. The van der Waals surface area contributed by atoms with E-state index >= 15 is 0 Å². The van der Waals surface area contributed by atoms with Gasteiger partial charge in [0.05, 0.1) is 0 Å². The molecule has 2 aliphatic rings. The molecule has 2 aromatic heterocycles. The van der Waals surface area contributed by atoms with E-state index < -0.39 is 11.5 Å². The summed E-state index contributed by atoms with van der Waals surface area (Å²) in [5.74, 6) is 1.23. The number of pyridine rings is 1. The number of aromatic nitrogens is 2. The fourth-order valence-electron chi connectivity index (χ4n) is 2.97. The van der Waals surface area contributed by atoms with Crippen molar-refractivity contribution in [3.8, 4) is 0 Å². The van der Waals surface area contributed by atoms with E-state index in [2.05, 4.69) is 27.5 Å². The Balaban J connectivity index is 0.000000177. The summed E-state index contributed by atoms with van der Waals surface area (Å²) in [6.45, 7) is 0. The first-order valence-electron chi connectivity index (χ1n) is 9.43. The average Bonchev–Trinajstić information content (AvgIpc) is 3.36. The lowest BCUT2D eigenvalue weighted by molar-refractivity contribution is 0.0999. The third-order valence-electron chi connectivity index (χ3n) is 4.76. The van der Waals surface area contributed by atoms with Crippen molar-refractivity contribution in [2.75, 3.05) is 11.5 Å². The molecule has 1 aliphatic carbocycles. The summed E-state index contributed by atoms with van der Waals surface area (Å²) in [6, 6.07) is 7.56. The number of thioether (sulfide) groups is 1. The number of carbonyl (C=O) groups excluding carboxylic acids is 1. The topological polar surface area (TPSA) is 115 Å². The summed E-state index contributed by atoms with van der Waals surface area (Å²) in [5.41, 5.74) is 12.0. The maximum atomic E-state index is 11.7. The van der Waals surface area contributed by atoms with Gasteiger partial charge in [0.25, 0.3) is 11.5 Å². The maximum absolute atomic E-state index is 11.7. The summed E-state index contributed by atoms with van der Waals surface area (Å²) < 4.78 is 0. The summed E-state index contributed by atoms with van der Waals surface area (Å²) in [7, 11) is 0. The Hall–Kier alpha value is -2.58. The molecule has 1 fully saturated rings. The Kier molecular flexibility index (Phi) is 7.48. The van der Waals surface area contributed by atoms with Gasteiger partial charge in [0.2, 0.25) is 0 Å². The number of benzene rings is 1. The van der Waals surface area contributed by atoms with Gasteiger partial charge >= 0.3 is 0 Å². The Labute approximate surface area is 177 Å². The van der Waals surface area contributed by atoms with Crippen LogP contribution in [0.3, 0.4) is 0 Å². The summed E-state index contributed by atoms with van der Waals surface area (Å²) in [6.07, 6.45) is 8.87. The molecule has 1 amide bonds. The molecule has 6 nitrogen and oxygen atoms in total. The minimum absolute atomic E-state index is 0.0129. The minimum atomic E-state index is -0.693. The summed E-state index contributed by atoms with van der Waals surface area (Å²) in [4.78, 5) is 29.2. The lowest BCUT2D eigenvalue weighted by Crippen LogP contribution is -2.23. The second-order valence-electron chi connectivity index (χ2n) is 6.75. The number of hydrogen-bond acceptors (Lipinski definition) is 6. The minimum Gasteiger partial charge on any atom is -0.375 e. The standard InChI is InChI=1S/C14H14N2O2.C4H6S.C3H4N2S/c15-13(17)11-6-10-5-4-9(8-2-1-3-8)7-12(10)16-14(11)18;1-2-4-5-3-1;4-3-5-1-2-6-3/h4-8H,1-3H2,(H2,15,17)(H,16,18);1,3H,2,4H2;1-2H,(H2,4,5). The number of primary amides is 1. The van der Waals surface area contributed by atoms with Gasteiger partial charge in [0.15, 0.2) is 5.13 Å². The first kappa shape index (κ1) is 21.1. The van der Waals surface area contributed by atoms with E-state index in [-0.39, 0.29) is 5.56 Å². The van der Waals surface area contributed by atoms with E-state index in [1.807, 2.05) is 29.3 Å². The molecule has 1 aromatic carbocycles. The Bertz CT molecular complexity index is 1030. The number of H-pyrrole nitrogens is 1. The highest BCUT2D eigenvalue weighted by Crippen LogP contribution is 2.37. The number of rotatable bonds is 2. The molecule has 5 N–H and O–H groups in total. The number of nitrogens with one attached hydrogen (secondary N) is 1. The number of carbonyl (C=O) groups is 1. The normalized spacial score (nSPS) is 15.0. The van der Waals surface area contributed by atoms with Gasteiger partial charge in [0, 0.05) is 22.8 Å². The van der Waals surface area contributed by atoms with Crippen LogP contribution in [-0.2, 0) is 0 Å². The van der Waals surface area contributed by atoms with E-state index in [1.54, 1.807) is 12.3 Å². The number of allylic oxidation sites excluding steroid dienone is 1. The zero-order chi connectivity index (χ0) is 20.6. The molecule has 1 saturated carbocycles. The van der Waals surface area contributed by atoms with Crippen molar-refractivity contribution in [1.82, 2.24) is 9.97 Å². The first-order chi connectivity index (χ1) is 14.0. The smallest absolute Gasteiger partial charge is 0.261 e. The van der Waals surface area contributed by atoms with Crippen LogP contribution in [0.4, 0.5) is 5.13 Å². The van der Waals surface area contributed by atoms with Gasteiger partial charge in [-0.25, -0.2) is 4.98 Å². The van der Waals surface area contributed by atoms with Gasteiger partial charge in [-0.1, -0.05) is 24.6 Å². The zero-order valence-electron chi connectivity index (χ0n) is 16.0. The maximum Gasteiger partial charge on any atom is 0.261 e. The van der Waals surface area contributed by atoms with Crippen LogP contribution in [0.5, 0.6) is 0 Å². The van der Waals surface area contributed by atoms with Crippen LogP contribution in [0.25, 0.3) is 10.9 Å². The molecule has 3 heterocycles. The van der Waals surface area contributed by atoms with Crippen LogP contribution in [0.15, 0.2) is 52.1 Å². The van der Waals surface area contributed by atoms with Crippen molar-refractivity contribution in [3.63, 3.8) is 0 Å². The SMILES string of the molecule is C1=CSCC1.NC(=O)c1cc2ccc(C3CCC3)cc2[nH]c1=O.Nc1nccs1. The fourth-order valence-corrected chi connectivity index (χ4v) is 4.04. The highest BCUT2D eigenvalue weighted by Gasteiger charge is 2.19. The number of fused-ring (bicyclic) bond motifs is 1. The van der Waals surface area contributed by atoms with E-state index in [0.29, 0.717) is 11.0 Å². The lowest BCUT2D eigenvalue weighted by atomic mass is 9.80. The highest BCUT2D eigenvalue weighted by molar-refractivity contribution is 8.02. The highest BCUT2D eigenvalue weighted by atomic mass is 32.2. The average molecular weight is 429 g/mol. The van der Waals surface area contributed by atoms with Crippen LogP contribution < -0.4 is 17.0 Å². The number of nitrogens with two attached hydrogens (primary N) is 2. The van der Waals surface area contributed by atoms with Crippen LogP contribution in [0.2, 0.25) is 0 Å². The number of nitrogens with zero attached hydrogens (tertiary/aromatic N) is 1. The largest absolute Gasteiger partial charge is 0.375 e. The number of aromatic amines is 1. The second-order valence-corrected chi connectivity index (χ2v) is 8.69. The molecular weight excluding hydrogens is 404 g/mol. The van der Waals surface area contributed by atoms with Crippen LogP contribution in [-0.4, -0.2) is 21.6 Å². The predicted octanol–water partition coefficient (Wildman–Crippen LogP) is 4.26. The molecule has 0 unspecified atom stereocenters. The number of amides is 1. The van der Waals surface area contributed by atoms with Crippen LogP contribution >= 0.6 is 23.1 Å². The van der Waals surface area contributed by atoms with Crippen molar-refractivity contribution in [2.24, 2.45) is 5.73 Å². The summed E-state index contributed by atoms with van der Waals surface area (Å²) in [5, 5.41) is 5.47. The third-order valence-corrected chi connectivity index (χ3v) is 6.22. The van der Waals surface area contributed by atoms with Gasteiger partial charge in [-0.3, -0.25) is 9.59 Å². The van der Waals surface area contributed by atoms with E-state index in [9.17, 15) is 9.59 Å². The lowest BCUT2D eigenvalue weighted by Gasteiger charge is -2.25. The van der Waals surface area contributed by atoms with E-state index in [4.69, 9.17) is 11.5 Å². The molecule has 0 spiro atoms. The number of thiazole rings is 1. The second kappa shape index (κ2) is 10.3. The predicted molar refractivity (Wildman–Crippen MR) is 122 cm³/mol. The number of anilines is 1. The van der Waals surface area contributed by atoms with Crippen LogP contribution in [0.1, 0.15) is 47.5 Å². The monoisotopic (exact) mass is 428 g/mol. The van der Waals surface area contributed by atoms with E-state index in [0.717, 1.165) is 10.9 Å². The molecule has 1 aliphatic heterocycles. The third kappa shape index (κ3) is 5.95. The van der Waals surface area contributed by atoms with Crippen molar-refractivity contribution in [2.45, 2.75) is 31.6 Å². The van der Waals surface area contributed by atoms with Gasteiger partial charge in [0.1, 0.15) is 5.56 Å². The van der Waals surface area contributed by atoms with Crippen molar-refractivity contribution in [3.05, 3.63) is 68.8 Å². The Morgan fingerprint density at radius 3 is 2.52 bits per heavy atom. The van der Waals surface area contributed by atoms with E-state index in [1.165, 1.54) is 48.3 Å². The molecule has 5 rings (SSSR count). The van der Waals surface area contributed by atoms with Crippen molar-refractivity contribution >= 4 is 45.0 Å². The van der Waals surface area contributed by atoms with Gasteiger partial charge in [-0.05, 0) is 53.7 Å². The molecule has 152 valence electrons. The molecule has 0 atom stereocenters. The van der Waals surface area contributed by atoms with Gasteiger partial charge in [-0.15, -0.1) is 23.1 Å². The molecule has 29 heavy (non-hydrogen) atoms. The van der Waals surface area contributed by atoms with Crippen molar-refractivity contribution < 1.29 is 4.79 Å². The first-order valence-corrected chi connectivity index (χ1v) is 11.4. The Morgan fingerprint density at radius 1 is 1.24 bits per heavy atom. The quantitative estimate of drug-likeness (QED) is 0.564. The van der Waals surface area contributed by atoms with Gasteiger partial charge < -0.3 is 16.5 Å². The number of hydrogen-bond donors (Lipinski definition) is 3. The number of nitrogen functional groups attached to an aromatic ring is 1. The van der Waals surface area contributed by atoms with Crippen molar-refractivity contribution in [1.29, 1.82) is 0 Å². The molecule has 3 aromatic rings.